The highest BCUT2D eigenvalue weighted by atomic mass is 32.2. The third kappa shape index (κ3) is 2.11. The number of anilines is 2. The Morgan fingerprint density at radius 2 is 2.31 bits per heavy atom. The van der Waals surface area contributed by atoms with Gasteiger partial charge in [-0.2, -0.15) is 0 Å². The number of hydrogen-bond donors (Lipinski definition) is 1. The lowest BCUT2D eigenvalue weighted by atomic mass is 10.2. The van der Waals surface area contributed by atoms with Gasteiger partial charge in [-0.05, 0) is 13.0 Å². The fourth-order valence-electron chi connectivity index (χ4n) is 2.02. The van der Waals surface area contributed by atoms with Gasteiger partial charge in [0, 0.05) is 18.8 Å². The van der Waals surface area contributed by atoms with E-state index in [0.29, 0.717) is 12.2 Å². The van der Waals surface area contributed by atoms with Crippen molar-refractivity contribution < 1.29 is 8.42 Å². The predicted molar refractivity (Wildman–Crippen MR) is 64.1 cm³/mol. The van der Waals surface area contributed by atoms with Crippen molar-refractivity contribution in [3.8, 4) is 0 Å². The van der Waals surface area contributed by atoms with Gasteiger partial charge >= 0.3 is 0 Å². The van der Waals surface area contributed by atoms with Crippen molar-refractivity contribution in [3.63, 3.8) is 0 Å². The van der Waals surface area contributed by atoms with Gasteiger partial charge in [0.25, 0.3) is 0 Å². The van der Waals surface area contributed by atoms with Crippen LogP contribution in [0.15, 0.2) is 18.5 Å². The number of nitrogen functional groups attached to an aromatic ring is 1. The van der Waals surface area contributed by atoms with Crippen LogP contribution in [0.25, 0.3) is 0 Å². The SMILES string of the molecule is CC1CS(=O)(=O)CCN1c1ccncc1N. The third-order valence-electron chi connectivity index (χ3n) is 2.81. The minimum absolute atomic E-state index is 0.0385. The molecule has 0 aromatic carbocycles. The van der Waals surface area contributed by atoms with Gasteiger partial charge < -0.3 is 10.6 Å². The monoisotopic (exact) mass is 241 g/mol. The highest BCUT2D eigenvalue weighted by Crippen LogP contribution is 2.26. The molecule has 1 aromatic rings. The maximum Gasteiger partial charge on any atom is 0.154 e. The van der Waals surface area contributed by atoms with Crippen LogP contribution in [-0.4, -0.2) is 37.5 Å². The molecule has 5 nitrogen and oxygen atoms in total. The number of nitrogens with zero attached hydrogens (tertiary/aromatic N) is 2. The molecule has 16 heavy (non-hydrogen) atoms. The quantitative estimate of drug-likeness (QED) is 0.764. The van der Waals surface area contributed by atoms with Crippen molar-refractivity contribution in [3.05, 3.63) is 18.5 Å². The number of rotatable bonds is 1. The average Bonchev–Trinajstić information content (AvgIpc) is 2.18. The third-order valence-corrected chi connectivity index (χ3v) is 4.60. The molecular weight excluding hydrogens is 226 g/mol. The van der Waals surface area contributed by atoms with Crippen molar-refractivity contribution in [2.45, 2.75) is 13.0 Å². The number of nitrogens with two attached hydrogens (primary N) is 1. The summed E-state index contributed by atoms with van der Waals surface area (Å²) in [7, 11) is -2.88. The molecular formula is C10H15N3O2S. The zero-order valence-corrected chi connectivity index (χ0v) is 9.94. The number of pyridine rings is 1. The Labute approximate surface area is 95.2 Å². The predicted octanol–water partition coefficient (Wildman–Crippen LogP) is 0.287. The minimum atomic E-state index is -2.88. The highest BCUT2D eigenvalue weighted by Gasteiger charge is 2.28. The first-order valence-electron chi connectivity index (χ1n) is 5.16. The second-order valence-electron chi connectivity index (χ2n) is 4.09. The molecule has 6 heteroatoms. The molecule has 0 spiro atoms. The molecule has 0 aliphatic carbocycles. The van der Waals surface area contributed by atoms with Gasteiger partial charge in [0.2, 0.25) is 0 Å². The van der Waals surface area contributed by atoms with Gasteiger partial charge in [0.1, 0.15) is 0 Å². The molecule has 88 valence electrons. The van der Waals surface area contributed by atoms with Crippen molar-refractivity contribution >= 4 is 21.2 Å². The molecule has 1 unspecified atom stereocenters. The van der Waals surface area contributed by atoms with E-state index in [2.05, 4.69) is 4.98 Å². The molecule has 1 atom stereocenters. The lowest BCUT2D eigenvalue weighted by Gasteiger charge is -2.35. The zero-order valence-electron chi connectivity index (χ0n) is 9.13. The van der Waals surface area contributed by atoms with Crippen LogP contribution in [0, 0.1) is 0 Å². The zero-order chi connectivity index (χ0) is 11.8. The molecule has 2 rings (SSSR count). The van der Waals surface area contributed by atoms with Gasteiger partial charge in [-0.15, -0.1) is 0 Å². The molecule has 2 N–H and O–H groups in total. The fourth-order valence-corrected chi connectivity index (χ4v) is 3.57. The van der Waals surface area contributed by atoms with Gasteiger partial charge in [-0.1, -0.05) is 0 Å². The molecule has 0 bridgehead atoms. The van der Waals surface area contributed by atoms with E-state index in [0.717, 1.165) is 5.69 Å². The fraction of sp³-hybridized carbons (Fsp3) is 0.500. The lowest BCUT2D eigenvalue weighted by Crippen LogP contribution is -2.47. The van der Waals surface area contributed by atoms with E-state index in [-0.39, 0.29) is 17.5 Å². The van der Waals surface area contributed by atoms with Crippen LogP contribution in [0.4, 0.5) is 11.4 Å². The van der Waals surface area contributed by atoms with E-state index in [1.807, 2.05) is 17.9 Å². The van der Waals surface area contributed by atoms with E-state index >= 15 is 0 Å². The van der Waals surface area contributed by atoms with Crippen LogP contribution in [0.2, 0.25) is 0 Å². The average molecular weight is 241 g/mol. The Balaban J connectivity index is 2.27. The van der Waals surface area contributed by atoms with Crippen LogP contribution < -0.4 is 10.6 Å². The van der Waals surface area contributed by atoms with Gasteiger partial charge in [0.15, 0.2) is 9.84 Å². The first kappa shape index (κ1) is 11.2. The lowest BCUT2D eigenvalue weighted by molar-refractivity contribution is 0.568. The Bertz CT molecular complexity index is 487. The second-order valence-corrected chi connectivity index (χ2v) is 6.32. The van der Waals surface area contributed by atoms with E-state index in [1.165, 1.54) is 0 Å². The molecule has 1 aliphatic rings. The van der Waals surface area contributed by atoms with Crippen LogP contribution in [0.1, 0.15) is 6.92 Å². The first-order chi connectivity index (χ1) is 7.49. The maximum atomic E-state index is 11.5. The molecule has 1 aromatic heterocycles. The molecule has 0 saturated carbocycles. The Morgan fingerprint density at radius 3 is 2.94 bits per heavy atom. The second kappa shape index (κ2) is 3.93. The van der Waals surface area contributed by atoms with Crippen molar-refractivity contribution in [1.82, 2.24) is 4.98 Å². The largest absolute Gasteiger partial charge is 0.396 e. The summed E-state index contributed by atoms with van der Waals surface area (Å²) in [5.41, 5.74) is 7.29. The van der Waals surface area contributed by atoms with Crippen LogP contribution in [0.3, 0.4) is 0 Å². The standard InChI is InChI=1S/C10H15N3O2S/c1-8-7-16(14,15)5-4-13(8)10-2-3-12-6-9(10)11/h2-3,6,8H,4-5,7,11H2,1H3. The summed E-state index contributed by atoms with van der Waals surface area (Å²) in [4.78, 5) is 5.95. The summed E-state index contributed by atoms with van der Waals surface area (Å²) in [6.07, 6.45) is 3.26. The van der Waals surface area contributed by atoms with Gasteiger partial charge in [-0.25, -0.2) is 8.42 Å². The number of sulfone groups is 1. The van der Waals surface area contributed by atoms with E-state index < -0.39 is 9.84 Å². The summed E-state index contributed by atoms with van der Waals surface area (Å²) in [5, 5.41) is 0. The molecule has 0 amide bonds. The number of aromatic nitrogens is 1. The molecule has 1 fully saturated rings. The molecule has 1 saturated heterocycles. The highest BCUT2D eigenvalue weighted by molar-refractivity contribution is 7.91. The maximum absolute atomic E-state index is 11.5. The normalized spacial score (nSPS) is 24.3. The smallest absolute Gasteiger partial charge is 0.154 e. The summed E-state index contributed by atoms with van der Waals surface area (Å²) < 4.78 is 22.9. The summed E-state index contributed by atoms with van der Waals surface area (Å²) in [5.74, 6) is 0.383. The number of hydrogen-bond acceptors (Lipinski definition) is 5. The summed E-state index contributed by atoms with van der Waals surface area (Å²) in [6, 6.07) is 1.78. The molecule has 1 aliphatic heterocycles. The Morgan fingerprint density at radius 1 is 1.56 bits per heavy atom. The first-order valence-corrected chi connectivity index (χ1v) is 6.98. The Kier molecular flexibility index (Phi) is 2.75. The van der Waals surface area contributed by atoms with E-state index in [1.54, 1.807) is 12.4 Å². The summed E-state index contributed by atoms with van der Waals surface area (Å²) in [6.45, 7) is 2.40. The topological polar surface area (TPSA) is 76.3 Å². The van der Waals surface area contributed by atoms with Crippen LogP contribution in [0.5, 0.6) is 0 Å². The van der Waals surface area contributed by atoms with Gasteiger partial charge in [-0.3, -0.25) is 4.98 Å². The molecule has 2 heterocycles. The van der Waals surface area contributed by atoms with Gasteiger partial charge in [0.05, 0.1) is 29.1 Å². The van der Waals surface area contributed by atoms with Crippen molar-refractivity contribution in [2.24, 2.45) is 0 Å². The Hall–Kier alpha value is -1.30. The van der Waals surface area contributed by atoms with E-state index in [9.17, 15) is 8.42 Å². The van der Waals surface area contributed by atoms with E-state index in [4.69, 9.17) is 5.73 Å². The molecule has 0 radical (unpaired) electrons. The van der Waals surface area contributed by atoms with Crippen LogP contribution >= 0.6 is 0 Å². The van der Waals surface area contributed by atoms with Crippen molar-refractivity contribution in [1.29, 1.82) is 0 Å². The van der Waals surface area contributed by atoms with Crippen LogP contribution in [-0.2, 0) is 9.84 Å². The van der Waals surface area contributed by atoms with Crippen molar-refractivity contribution in [2.75, 3.05) is 28.7 Å². The summed E-state index contributed by atoms with van der Waals surface area (Å²) >= 11 is 0. The minimum Gasteiger partial charge on any atom is -0.396 e.